The van der Waals surface area contributed by atoms with E-state index in [1.54, 1.807) is 11.3 Å². The number of halogens is 1. The topological polar surface area (TPSA) is 29.9 Å². The zero-order valence-electron chi connectivity index (χ0n) is 10.2. The molecule has 0 bridgehead atoms. The lowest BCUT2D eigenvalue weighted by Gasteiger charge is -2.16. The van der Waals surface area contributed by atoms with Crippen molar-refractivity contribution in [3.8, 4) is 0 Å². The van der Waals surface area contributed by atoms with E-state index in [0.717, 1.165) is 10.9 Å². The van der Waals surface area contributed by atoms with Crippen molar-refractivity contribution < 1.29 is 0 Å². The van der Waals surface area contributed by atoms with Crippen molar-refractivity contribution in [2.75, 3.05) is 6.54 Å². The molecular formula is C12H16ClN3S. The summed E-state index contributed by atoms with van der Waals surface area (Å²) in [6.07, 6.45) is 1.93. The summed E-state index contributed by atoms with van der Waals surface area (Å²) in [5, 5.41) is 7.78. The lowest BCUT2D eigenvalue weighted by atomic mass is 10.1. The van der Waals surface area contributed by atoms with Crippen LogP contribution in [-0.4, -0.2) is 16.3 Å². The van der Waals surface area contributed by atoms with E-state index in [0.29, 0.717) is 0 Å². The summed E-state index contributed by atoms with van der Waals surface area (Å²) in [7, 11) is 1.96. The molecule has 5 heteroatoms. The number of hydrogen-bond acceptors (Lipinski definition) is 3. The molecular weight excluding hydrogens is 254 g/mol. The fourth-order valence-corrected chi connectivity index (χ4v) is 3.01. The fourth-order valence-electron chi connectivity index (χ4n) is 1.85. The summed E-state index contributed by atoms with van der Waals surface area (Å²) >= 11 is 7.62. The van der Waals surface area contributed by atoms with Crippen LogP contribution in [-0.2, 0) is 7.05 Å². The Morgan fingerprint density at radius 3 is 2.76 bits per heavy atom. The summed E-state index contributed by atoms with van der Waals surface area (Å²) in [5.41, 5.74) is 2.40. The molecule has 0 fully saturated rings. The molecule has 2 aromatic rings. The predicted octanol–water partition coefficient (Wildman–Crippen LogP) is 3.14. The first-order chi connectivity index (χ1) is 8.13. The van der Waals surface area contributed by atoms with Crippen LogP contribution in [0.3, 0.4) is 0 Å². The molecule has 1 N–H and O–H groups in total. The lowest BCUT2D eigenvalue weighted by Crippen LogP contribution is -2.21. The average Bonchev–Trinajstić information content (AvgIpc) is 2.85. The molecule has 1 unspecified atom stereocenters. The van der Waals surface area contributed by atoms with Crippen molar-refractivity contribution in [2.24, 2.45) is 7.05 Å². The highest BCUT2D eigenvalue weighted by Gasteiger charge is 2.19. The van der Waals surface area contributed by atoms with Crippen LogP contribution in [0.1, 0.15) is 29.1 Å². The van der Waals surface area contributed by atoms with Crippen LogP contribution in [0.25, 0.3) is 0 Å². The van der Waals surface area contributed by atoms with E-state index in [1.165, 1.54) is 16.1 Å². The molecule has 2 rings (SSSR count). The number of nitrogens with zero attached hydrogens (tertiary/aromatic N) is 2. The van der Waals surface area contributed by atoms with E-state index in [9.17, 15) is 0 Å². The normalized spacial score (nSPS) is 12.9. The number of aromatic nitrogens is 2. The first-order valence-corrected chi connectivity index (χ1v) is 6.80. The quantitative estimate of drug-likeness (QED) is 0.924. The third kappa shape index (κ3) is 2.54. The molecule has 0 aromatic carbocycles. The Labute approximate surface area is 110 Å². The SMILES string of the molecule is CCNC(c1ccc(Cl)s1)c1cnn(C)c1C. The molecule has 0 radical (unpaired) electrons. The van der Waals surface area contributed by atoms with Gasteiger partial charge < -0.3 is 5.32 Å². The first-order valence-electron chi connectivity index (χ1n) is 5.60. The largest absolute Gasteiger partial charge is 0.306 e. The van der Waals surface area contributed by atoms with Gasteiger partial charge in [-0.25, -0.2) is 0 Å². The second kappa shape index (κ2) is 5.21. The van der Waals surface area contributed by atoms with Crippen molar-refractivity contribution in [1.82, 2.24) is 15.1 Å². The smallest absolute Gasteiger partial charge is 0.0931 e. The van der Waals surface area contributed by atoms with Crippen LogP contribution in [0.5, 0.6) is 0 Å². The van der Waals surface area contributed by atoms with Crippen molar-refractivity contribution in [2.45, 2.75) is 19.9 Å². The monoisotopic (exact) mass is 269 g/mol. The Morgan fingerprint density at radius 1 is 1.53 bits per heavy atom. The van der Waals surface area contributed by atoms with Gasteiger partial charge in [0.25, 0.3) is 0 Å². The van der Waals surface area contributed by atoms with Crippen molar-refractivity contribution in [3.05, 3.63) is 38.8 Å². The zero-order valence-corrected chi connectivity index (χ0v) is 11.8. The number of rotatable bonds is 4. The Kier molecular flexibility index (Phi) is 3.86. The van der Waals surface area contributed by atoms with Gasteiger partial charge in [0.2, 0.25) is 0 Å². The van der Waals surface area contributed by atoms with Gasteiger partial charge in [0, 0.05) is 23.2 Å². The predicted molar refractivity (Wildman–Crippen MR) is 72.8 cm³/mol. The third-order valence-electron chi connectivity index (χ3n) is 2.87. The van der Waals surface area contributed by atoms with E-state index < -0.39 is 0 Å². The molecule has 0 spiro atoms. The molecule has 0 saturated heterocycles. The molecule has 0 aliphatic rings. The third-order valence-corrected chi connectivity index (χ3v) is 4.17. The van der Waals surface area contributed by atoms with Crippen LogP contribution < -0.4 is 5.32 Å². The second-order valence-corrected chi connectivity index (χ2v) is 5.69. The molecule has 92 valence electrons. The number of aryl methyl sites for hydroxylation is 1. The van der Waals surface area contributed by atoms with Gasteiger partial charge in [-0.15, -0.1) is 11.3 Å². The van der Waals surface area contributed by atoms with Gasteiger partial charge in [0.15, 0.2) is 0 Å². The summed E-state index contributed by atoms with van der Waals surface area (Å²) in [5.74, 6) is 0. The maximum atomic E-state index is 6.01. The summed E-state index contributed by atoms with van der Waals surface area (Å²) in [6, 6.07) is 4.20. The Hall–Kier alpha value is -0.840. The van der Waals surface area contributed by atoms with Crippen LogP contribution >= 0.6 is 22.9 Å². The lowest BCUT2D eigenvalue weighted by molar-refractivity contribution is 0.633. The van der Waals surface area contributed by atoms with Gasteiger partial charge in [0.1, 0.15) is 0 Å². The molecule has 0 aliphatic heterocycles. The molecule has 0 saturated carbocycles. The van der Waals surface area contributed by atoms with Crippen molar-refractivity contribution >= 4 is 22.9 Å². The van der Waals surface area contributed by atoms with Gasteiger partial charge >= 0.3 is 0 Å². The molecule has 17 heavy (non-hydrogen) atoms. The van der Waals surface area contributed by atoms with Crippen molar-refractivity contribution in [3.63, 3.8) is 0 Å². The zero-order chi connectivity index (χ0) is 12.4. The second-order valence-electron chi connectivity index (χ2n) is 3.94. The summed E-state index contributed by atoms with van der Waals surface area (Å²) in [6.45, 7) is 5.10. The van der Waals surface area contributed by atoms with E-state index in [1.807, 2.05) is 24.0 Å². The van der Waals surface area contributed by atoms with Gasteiger partial charge in [0.05, 0.1) is 16.6 Å². The summed E-state index contributed by atoms with van der Waals surface area (Å²) < 4.78 is 2.72. The maximum absolute atomic E-state index is 6.01. The Balaban J connectivity index is 2.38. The Morgan fingerprint density at radius 2 is 2.29 bits per heavy atom. The molecule has 2 aromatic heterocycles. The molecule has 2 heterocycles. The molecule has 1 atom stereocenters. The maximum Gasteiger partial charge on any atom is 0.0931 e. The molecule has 0 amide bonds. The molecule has 0 aliphatic carbocycles. The average molecular weight is 270 g/mol. The van der Waals surface area contributed by atoms with E-state index in [-0.39, 0.29) is 6.04 Å². The van der Waals surface area contributed by atoms with Crippen LogP contribution in [0.4, 0.5) is 0 Å². The van der Waals surface area contributed by atoms with Crippen LogP contribution in [0.15, 0.2) is 18.3 Å². The number of hydrogen-bond donors (Lipinski definition) is 1. The minimum atomic E-state index is 0.186. The van der Waals surface area contributed by atoms with Gasteiger partial charge in [-0.1, -0.05) is 18.5 Å². The van der Waals surface area contributed by atoms with Crippen LogP contribution in [0.2, 0.25) is 4.34 Å². The summed E-state index contributed by atoms with van der Waals surface area (Å²) in [4.78, 5) is 1.23. The minimum absolute atomic E-state index is 0.186. The van der Waals surface area contributed by atoms with Gasteiger partial charge in [-0.2, -0.15) is 5.10 Å². The standard InChI is InChI=1S/C12H16ClN3S/c1-4-14-12(10-5-6-11(13)17-10)9-7-15-16(3)8(9)2/h5-7,12,14H,4H2,1-3H3. The van der Waals surface area contributed by atoms with E-state index in [4.69, 9.17) is 11.6 Å². The fraction of sp³-hybridized carbons (Fsp3) is 0.417. The highest BCUT2D eigenvalue weighted by Crippen LogP contribution is 2.32. The van der Waals surface area contributed by atoms with Crippen LogP contribution in [0, 0.1) is 6.92 Å². The van der Waals surface area contributed by atoms with E-state index in [2.05, 4.69) is 30.3 Å². The highest BCUT2D eigenvalue weighted by atomic mass is 35.5. The van der Waals surface area contributed by atoms with E-state index >= 15 is 0 Å². The van der Waals surface area contributed by atoms with Crippen molar-refractivity contribution in [1.29, 1.82) is 0 Å². The van der Waals surface area contributed by atoms with Gasteiger partial charge in [-0.3, -0.25) is 4.68 Å². The Bertz CT molecular complexity index is 504. The number of nitrogens with one attached hydrogen (secondary N) is 1. The molecule has 3 nitrogen and oxygen atoms in total. The van der Waals surface area contributed by atoms with Gasteiger partial charge in [-0.05, 0) is 25.6 Å². The minimum Gasteiger partial charge on any atom is -0.306 e. The number of thiophene rings is 1. The first kappa shape index (κ1) is 12.6. The highest BCUT2D eigenvalue weighted by molar-refractivity contribution is 7.16.